The van der Waals surface area contributed by atoms with Gasteiger partial charge in [0.05, 0.1) is 13.2 Å². The van der Waals surface area contributed by atoms with Gasteiger partial charge < -0.3 is 4.74 Å². The minimum Gasteiger partial charge on any atom is -0.465 e. The average Bonchev–Trinajstić information content (AvgIpc) is 2.26. The zero-order chi connectivity index (χ0) is 13.5. The van der Waals surface area contributed by atoms with Gasteiger partial charge in [0.1, 0.15) is 5.41 Å². The molecule has 0 rings (SSSR count). The van der Waals surface area contributed by atoms with E-state index in [1.807, 2.05) is 18.2 Å². The third kappa shape index (κ3) is 5.55. The van der Waals surface area contributed by atoms with Crippen molar-refractivity contribution in [1.82, 2.24) is 4.90 Å². The lowest BCUT2D eigenvalue weighted by Crippen LogP contribution is -2.41. The first-order valence-electron chi connectivity index (χ1n) is 5.74. The first-order valence-corrected chi connectivity index (χ1v) is 7.13. The number of ether oxygens (including phenoxy) is 1. The van der Waals surface area contributed by atoms with Crippen LogP contribution in [0.4, 0.5) is 0 Å². The van der Waals surface area contributed by atoms with E-state index in [9.17, 15) is 9.59 Å². The van der Waals surface area contributed by atoms with Crippen LogP contribution in [0.2, 0.25) is 0 Å². The molecule has 0 spiro atoms. The standard InChI is InChI=1S/C12H23NO3S/c1-6-16-11(15)12(2,3)10(14)9-13(4)7-8-17-5/h6-9H2,1-5H3. The molecule has 0 aliphatic carbocycles. The zero-order valence-corrected chi connectivity index (χ0v) is 12.2. The highest BCUT2D eigenvalue weighted by molar-refractivity contribution is 7.98. The molecule has 0 fully saturated rings. The third-order valence-corrected chi connectivity index (χ3v) is 3.16. The van der Waals surface area contributed by atoms with Crippen molar-refractivity contribution in [2.75, 3.05) is 38.8 Å². The molecule has 0 atom stereocenters. The van der Waals surface area contributed by atoms with E-state index in [4.69, 9.17) is 4.74 Å². The number of esters is 1. The molecule has 0 bridgehead atoms. The molecule has 0 saturated heterocycles. The summed E-state index contributed by atoms with van der Waals surface area (Å²) >= 11 is 1.73. The number of Topliss-reactive ketones (excluding diaryl/α,β-unsaturated/α-hetero) is 1. The van der Waals surface area contributed by atoms with Gasteiger partial charge in [-0.15, -0.1) is 0 Å². The Kier molecular flexibility index (Phi) is 7.46. The summed E-state index contributed by atoms with van der Waals surface area (Å²) in [6, 6.07) is 0. The molecule has 0 amide bonds. The molecule has 0 aromatic rings. The Morgan fingerprint density at radius 2 is 1.94 bits per heavy atom. The number of likely N-dealkylation sites (N-methyl/N-ethyl adjacent to an activating group) is 1. The van der Waals surface area contributed by atoms with Crippen molar-refractivity contribution in [3.8, 4) is 0 Å². The maximum absolute atomic E-state index is 12.0. The number of nitrogens with zero attached hydrogens (tertiary/aromatic N) is 1. The van der Waals surface area contributed by atoms with Crippen molar-refractivity contribution in [1.29, 1.82) is 0 Å². The van der Waals surface area contributed by atoms with E-state index in [0.717, 1.165) is 12.3 Å². The van der Waals surface area contributed by atoms with E-state index in [0.29, 0.717) is 6.61 Å². The van der Waals surface area contributed by atoms with Gasteiger partial charge >= 0.3 is 5.97 Å². The molecular formula is C12H23NO3S. The lowest BCUT2D eigenvalue weighted by Gasteiger charge is -2.24. The molecule has 0 unspecified atom stereocenters. The van der Waals surface area contributed by atoms with Gasteiger partial charge in [0, 0.05) is 12.3 Å². The van der Waals surface area contributed by atoms with E-state index in [2.05, 4.69) is 0 Å². The minimum absolute atomic E-state index is 0.0976. The van der Waals surface area contributed by atoms with Gasteiger partial charge in [0.25, 0.3) is 0 Å². The lowest BCUT2D eigenvalue weighted by atomic mass is 9.88. The van der Waals surface area contributed by atoms with Gasteiger partial charge in [-0.2, -0.15) is 11.8 Å². The van der Waals surface area contributed by atoms with Crippen molar-refractivity contribution < 1.29 is 14.3 Å². The summed E-state index contributed by atoms with van der Waals surface area (Å²) < 4.78 is 4.91. The molecule has 100 valence electrons. The smallest absolute Gasteiger partial charge is 0.319 e. The monoisotopic (exact) mass is 261 g/mol. The summed E-state index contributed by atoms with van der Waals surface area (Å²) in [6.45, 7) is 6.41. The van der Waals surface area contributed by atoms with Gasteiger partial charge in [-0.25, -0.2) is 0 Å². The number of rotatable bonds is 8. The molecule has 0 aromatic heterocycles. The molecule has 0 aliphatic heterocycles. The van der Waals surface area contributed by atoms with Gasteiger partial charge in [0.15, 0.2) is 5.78 Å². The van der Waals surface area contributed by atoms with Crippen LogP contribution < -0.4 is 0 Å². The maximum Gasteiger partial charge on any atom is 0.319 e. The minimum atomic E-state index is -1.05. The van der Waals surface area contributed by atoms with Crippen LogP contribution >= 0.6 is 11.8 Å². The van der Waals surface area contributed by atoms with E-state index in [1.165, 1.54) is 0 Å². The summed E-state index contributed by atoms with van der Waals surface area (Å²) in [5, 5.41) is 0. The number of carbonyl (C=O) groups excluding carboxylic acids is 2. The van der Waals surface area contributed by atoms with Gasteiger partial charge in [-0.1, -0.05) is 0 Å². The fraction of sp³-hybridized carbons (Fsp3) is 0.833. The van der Waals surface area contributed by atoms with E-state index in [1.54, 1.807) is 32.5 Å². The second-order valence-corrected chi connectivity index (χ2v) is 5.48. The molecule has 0 heterocycles. The highest BCUT2D eigenvalue weighted by Gasteiger charge is 2.37. The van der Waals surface area contributed by atoms with Crippen LogP contribution in [-0.4, -0.2) is 55.4 Å². The normalized spacial score (nSPS) is 11.6. The van der Waals surface area contributed by atoms with E-state index >= 15 is 0 Å². The van der Waals surface area contributed by atoms with Gasteiger partial charge in [-0.3, -0.25) is 14.5 Å². The molecule has 0 saturated carbocycles. The van der Waals surface area contributed by atoms with Crippen molar-refractivity contribution >= 4 is 23.5 Å². The number of hydrogen-bond acceptors (Lipinski definition) is 5. The summed E-state index contributed by atoms with van der Waals surface area (Å²) in [4.78, 5) is 25.6. The zero-order valence-electron chi connectivity index (χ0n) is 11.4. The Labute approximate surface area is 108 Å². The molecule has 17 heavy (non-hydrogen) atoms. The summed E-state index contributed by atoms with van der Waals surface area (Å²) in [5.74, 6) is 0.437. The Bertz CT molecular complexity index is 266. The maximum atomic E-state index is 12.0. The van der Waals surface area contributed by atoms with Crippen LogP contribution in [0.15, 0.2) is 0 Å². The van der Waals surface area contributed by atoms with Gasteiger partial charge in [0.2, 0.25) is 0 Å². The van der Waals surface area contributed by atoms with E-state index in [-0.39, 0.29) is 12.3 Å². The predicted octanol–water partition coefficient (Wildman–Crippen LogP) is 1.44. The molecule has 0 radical (unpaired) electrons. The number of hydrogen-bond donors (Lipinski definition) is 0. The topological polar surface area (TPSA) is 46.6 Å². The molecular weight excluding hydrogens is 238 g/mol. The second kappa shape index (κ2) is 7.71. The van der Waals surface area contributed by atoms with Crippen LogP contribution in [-0.2, 0) is 14.3 Å². The molecule has 5 heteroatoms. The summed E-state index contributed by atoms with van der Waals surface area (Å²) in [6.07, 6.45) is 2.03. The van der Waals surface area contributed by atoms with Crippen molar-refractivity contribution in [2.24, 2.45) is 5.41 Å². The second-order valence-electron chi connectivity index (χ2n) is 4.50. The largest absolute Gasteiger partial charge is 0.465 e. The first kappa shape index (κ1) is 16.4. The van der Waals surface area contributed by atoms with Gasteiger partial charge in [-0.05, 0) is 34.1 Å². The third-order valence-electron chi connectivity index (χ3n) is 2.57. The Balaban J connectivity index is 4.33. The van der Waals surface area contributed by atoms with E-state index < -0.39 is 11.4 Å². The van der Waals surface area contributed by atoms with Crippen LogP contribution in [0.5, 0.6) is 0 Å². The van der Waals surface area contributed by atoms with Crippen LogP contribution in [0.3, 0.4) is 0 Å². The number of ketones is 1. The number of carbonyl (C=O) groups is 2. The fourth-order valence-corrected chi connectivity index (χ4v) is 1.69. The summed E-state index contributed by atoms with van der Waals surface area (Å²) in [7, 11) is 1.88. The lowest BCUT2D eigenvalue weighted by molar-refractivity contribution is -0.158. The SMILES string of the molecule is CCOC(=O)C(C)(C)C(=O)CN(C)CCSC. The van der Waals surface area contributed by atoms with Crippen LogP contribution in [0.1, 0.15) is 20.8 Å². The van der Waals surface area contributed by atoms with Crippen LogP contribution in [0.25, 0.3) is 0 Å². The van der Waals surface area contributed by atoms with Crippen molar-refractivity contribution in [2.45, 2.75) is 20.8 Å². The molecule has 0 aliphatic rings. The first-order chi connectivity index (χ1) is 7.86. The quantitative estimate of drug-likeness (QED) is 0.489. The highest BCUT2D eigenvalue weighted by atomic mass is 32.2. The van der Waals surface area contributed by atoms with Crippen molar-refractivity contribution in [3.05, 3.63) is 0 Å². The predicted molar refractivity (Wildman–Crippen MR) is 71.3 cm³/mol. The highest BCUT2D eigenvalue weighted by Crippen LogP contribution is 2.19. The molecule has 0 N–H and O–H groups in total. The Morgan fingerprint density at radius 3 is 2.41 bits per heavy atom. The molecule has 4 nitrogen and oxygen atoms in total. The fourth-order valence-electron chi connectivity index (χ4n) is 1.19. The van der Waals surface area contributed by atoms with Crippen molar-refractivity contribution in [3.63, 3.8) is 0 Å². The average molecular weight is 261 g/mol. The molecule has 0 aromatic carbocycles. The Morgan fingerprint density at radius 1 is 1.35 bits per heavy atom. The van der Waals surface area contributed by atoms with Crippen LogP contribution in [0, 0.1) is 5.41 Å². The summed E-state index contributed by atoms with van der Waals surface area (Å²) in [5.41, 5.74) is -1.05. The Hall–Kier alpha value is -0.550. The number of thioether (sulfide) groups is 1.